The Kier molecular flexibility index (Phi) is 5.46. The molecule has 0 aliphatic carbocycles. The number of aliphatic carboxylic acids is 1. The summed E-state index contributed by atoms with van der Waals surface area (Å²) in [6.45, 7) is 3.53. The van der Waals surface area contributed by atoms with Gasteiger partial charge in [0, 0.05) is 18.7 Å². The number of anilines is 1. The number of hydrogen-bond donors (Lipinski definition) is 3. The van der Waals surface area contributed by atoms with Crippen molar-refractivity contribution in [3.63, 3.8) is 0 Å². The van der Waals surface area contributed by atoms with Gasteiger partial charge in [-0.25, -0.2) is 4.79 Å². The maximum absolute atomic E-state index is 12.8. The smallest absolute Gasteiger partial charge is 0.329 e. The first kappa shape index (κ1) is 19.6. The van der Waals surface area contributed by atoms with Crippen LogP contribution in [-0.4, -0.2) is 26.5 Å². The zero-order valence-electron chi connectivity index (χ0n) is 15.4. The van der Waals surface area contributed by atoms with Gasteiger partial charge < -0.3 is 10.4 Å². The number of fused-ring (bicyclic) bond motifs is 1. The maximum atomic E-state index is 12.8. The number of thiophene rings is 1. The van der Waals surface area contributed by atoms with Gasteiger partial charge in [0.1, 0.15) is 4.83 Å². The predicted octanol–water partition coefficient (Wildman–Crippen LogP) is 2.49. The Balaban J connectivity index is 1.99. The molecule has 3 N–H and O–H groups in total. The van der Waals surface area contributed by atoms with E-state index in [0.29, 0.717) is 21.0 Å². The first-order chi connectivity index (χ1) is 13.3. The molecule has 0 saturated carbocycles. The number of carboxylic acids is 1. The van der Waals surface area contributed by atoms with Gasteiger partial charge in [0.25, 0.3) is 11.5 Å². The van der Waals surface area contributed by atoms with Gasteiger partial charge in [0.05, 0.1) is 10.3 Å². The average Bonchev–Trinajstić information content (AvgIpc) is 2.96. The Labute approximate surface area is 163 Å². The van der Waals surface area contributed by atoms with E-state index in [-0.39, 0.29) is 30.7 Å². The van der Waals surface area contributed by atoms with Crippen LogP contribution in [0.15, 0.2) is 33.9 Å². The summed E-state index contributed by atoms with van der Waals surface area (Å²) in [5.41, 5.74) is 0.926. The number of carboxylic acid groups (broad SMARTS) is 1. The standard InChI is InChI=1S/C19H19N3O5S/c1-10-6-3-4-7-12(10)20-16(25)15-11(2)14-17(28-15)21-19(27)22(18(14)26)9-5-8-13(23)24/h3-4,6-7H,5,8-9H2,1-2H3,(H,20,25)(H,21,27)(H,23,24). The molecule has 0 atom stereocenters. The van der Waals surface area contributed by atoms with Crippen LogP contribution in [0.2, 0.25) is 0 Å². The lowest BCUT2D eigenvalue weighted by atomic mass is 10.2. The quantitative estimate of drug-likeness (QED) is 0.586. The summed E-state index contributed by atoms with van der Waals surface area (Å²) in [6, 6.07) is 7.34. The first-order valence-corrected chi connectivity index (χ1v) is 9.46. The Morgan fingerprint density at radius 3 is 2.61 bits per heavy atom. The molecule has 1 aromatic carbocycles. The summed E-state index contributed by atoms with van der Waals surface area (Å²) in [5.74, 6) is -1.35. The molecule has 2 heterocycles. The molecule has 9 heteroatoms. The lowest BCUT2D eigenvalue weighted by Crippen LogP contribution is -2.35. The molecule has 3 rings (SSSR count). The van der Waals surface area contributed by atoms with Crippen molar-refractivity contribution in [1.29, 1.82) is 0 Å². The number of aromatic amines is 1. The molecule has 0 fully saturated rings. The molecule has 0 unspecified atom stereocenters. The molecule has 0 radical (unpaired) electrons. The number of aromatic nitrogens is 2. The fourth-order valence-corrected chi connectivity index (χ4v) is 4.03. The summed E-state index contributed by atoms with van der Waals surface area (Å²) in [6.07, 6.45) is 0.0181. The van der Waals surface area contributed by atoms with Gasteiger partial charge >= 0.3 is 11.7 Å². The van der Waals surface area contributed by atoms with E-state index in [9.17, 15) is 19.2 Å². The molecule has 146 valence electrons. The molecule has 2 aromatic heterocycles. The molecule has 0 aliphatic rings. The van der Waals surface area contributed by atoms with Gasteiger partial charge in [-0.3, -0.25) is 23.9 Å². The van der Waals surface area contributed by atoms with Crippen molar-refractivity contribution >= 4 is 39.1 Å². The molecule has 0 saturated heterocycles. The lowest BCUT2D eigenvalue weighted by Gasteiger charge is -2.07. The van der Waals surface area contributed by atoms with Gasteiger partial charge in [-0.1, -0.05) is 18.2 Å². The van der Waals surface area contributed by atoms with Crippen molar-refractivity contribution in [2.24, 2.45) is 0 Å². The SMILES string of the molecule is Cc1ccccc1NC(=O)c1sc2[nH]c(=O)n(CCCC(=O)O)c(=O)c2c1C. The third kappa shape index (κ3) is 3.74. The summed E-state index contributed by atoms with van der Waals surface area (Å²) in [7, 11) is 0. The number of nitrogens with one attached hydrogen (secondary N) is 2. The molecule has 3 aromatic rings. The highest BCUT2D eigenvalue weighted by Gasteiger charge is 2.20. The van der Waals surface area contributed by atoms with Crippen LogP contribution in [0.5, 0.6) is 0 Å². The van der Waals surface area contributed by atoms with Crippen molar-refractivity contribution in [3.8, 4) is 0 Å². The predicted molar refractivity (Wildman–Crippen MR) is 107 cm³/mol. The van der Waals surface area contributed by atoms with Crippen molar-refractivity contribution in [3.05, 3.63) is 61.1 Å². The Morgan fingerprint density at radius 1 is 1.21 bits per heavy atom. The van der Waals surface area contributed by atoms with Crippen LogP contribution in [0, 0.1) is 13.8 Å². The van der Waals surface area contributed by atoms with Crippen molar-refractivity contribution in [1.82, 2.24) is 9.55 Å². The van der Waals surface area contributed by atoms with Crippen LogP contribution in [0.25, 0.3) is 10.2 Å². The largest absolute Gasteiger partial charge is 0.481 e. The van der Waals surface area contributed by atoms with Crippen LogP contribution < -0.4 is 16.6 Å². The number of aryl methyl sites for hydroxylation is 2. The van der Waals surface area contributed by atoms with Crippen molar-refractivity contribution < 1.29 is 14.7 Å². The first-order valence-electron chi connectivity index (χ1n) is 8.64. The molecular formula is C19H19N3O5S. The van der Waals surface area contributed by atoms with E-state index in [1.807, 2.05) is 25.1 Å². The van der Waals surface area contributed by atoms with Crippen molar-refractivity contribution in [2.75, 3.05) is 5.32 Å². The third-order valence-corrected chi connectivity index (χ3v) is 5.65. The number of carbonyl (C=O) groups excluding carboxylic acids is 1. The van der Waals surface area contributed by atoms with Crippen molar-refractivity contribution in [2.45, 2.75) is 33.2 Å². The maximum Gasteiger partial charge on any atom is 0.329 e. The number of hydrogen-bond acceptors (Lipinski definition) is 5. The Morgan fingerprint density at radius 2 is 1.93 bits per heavy atom. The number of H-pyrrole nitrogens is 1. The van der Waals surface area contributed by atoms with Crippen LogP contribution in [0.4, 0.5) is 5.69 Å². The van der Waals surface area contributed by atoms with Gasteiger partial charge in [-0.15, -0.1) is 11.3 Å². The summed E-state index contributed by atoms with van der Waals surface area (Å²) >= 11 is 1.05. The zero-order valence-corrected chi connectivity index (χ0v) is 16.2. The number of benzene rings is 1. The molecule has 1 amide bonds. The average molecular weight is 401 g/mol. The van der Waals surface area contributed by atoms with Gasteiger partial charge in [-0.05, 0) is 37.5 Å². The van der Waals surface area contributed by atoms with Gasteiger partial charge in [0.2, 0.25) is 0 Å². The minimum atomic E-state index is -0.993. The minimum Gasteiger partial charge on any atom is -0.481 e. The van der Waals surface area contributed by atoms with E-state index in [1.165, 1.54) is 0 Å². The van der Waals surface area contributed by atoms with E-state index >= 15 is 0 Å². The van der Waals surface area contributed by atoms with E-state index < -0.39 is 17.2 Å². The summed E-state index contributed by atoms with van der Waals surface area (Å²) in [5, 5.41) is 11.8. The second kappa shape index (κ2) is 7.81. The summed E-state index contributed by atoms with van der Waals surface area (Å²) < 4.78 is 0.980. The van der Waals surface area contributed by atoms with E-state index in [0.717, 1.165) is 21.5 Å². The molecule has 0 spiro atoms. The molecule has 0 aliphatic heterocycles. The number of carbonyl (C=O) groups is 2. The highest BCUT2D eigenvalue weighted by molar-refractivity contribution is 7.20. The van der Waals surface area contributed by atoms with Crippen LogP contribution in [-0.2, 0) is 11.3 Å². The topological polar surface area (TPSA) is 121 Å². The highest BCUT2D eigenvalue weighted by Crippen LogP contribution is 2.27. The van der Waals surface area contributed by atoms with Crippen LogP contribution in [0.1, 0.15) is 33.6 Å². The number of rotatable bonds is 6. The third-order valence-electron chi connectivity index (χ3n) is 4.44. The fraction of sp³-hybridized carbons (Fsp3) is 0.263. The molecule has 0 bridgehead atoms. The second-order valence-electron chi connectivity index (χ2n) is 6.41. The van der Waals surface area contributed by atoms with E-state index in [1.54, 1.807) is 13.0 Å². The highest BCUT2D eigenvalue weighted by atomic mass is 32.1. The van der Waals surface area contributed by atoms with E-state index in [2.05, 4.69) is 10.3 Å². The van der Waals surface area contributed by atoms with Gasteiger partial charge in [-0.2, -0.15) is 0 Å². The molecule has 28 heavy (non-hydrogen) atoms. The zero-order chi connectivity index (χ0) is 20.4. The van der Waals surface area contributed by atoms with Gasteiger partial charge in [0.15, 0.2) is 0 Å². The fourth-order valence-electron chi connectivity index (χ4n) is 2.95. The number of amides is 1. The monoisotopic (exact) mass is 401 g/mol. The molecule has 8 nitrogen and oxygen atoms in total. The second-order valence-corrected chi connectivity index (χ2v) is 7.43. The lowest BCUT2D eigenvalue weighted by molar-refractivity contribution is -0.137. The van der Waals surface area contributed by atoms with E-state index in [4.69, 9.17) is 5.11 Å². The number of para-hydroxylation sites is 1. The normalized spacial score (nSPS) is 10.9. The molecular weight excluding hydrogens is 382 g/mol. The Bertz CT molecular complexity index is 1190. The summed E-state index contributed by atoms with van der Waals surface area (Å²) in [4.78, 5) is 51.7. The number of nitrogens with zero attached hydrogens (tertiary/aromatic N) is 1. The Hall–Kier alpha value is -3.20. The van der Waals surface area contributed by atoms with Crippen LogP contribution >= 0.6 is 11.3 Å². The van der Waals surface area contributed by atoms with Crippen LogP contribution in [0.3, 0.4) is 0 Å². The minimum absolute atomic E-state index is 0.00354.